The lowest BCUT2D eigenvalue weighted by atomic mass is 10.2. The zero-order valence-corrected chi connectivity index (χ0v) is 14.8. The third kappa shape index (κ3) is 4.54. The molecule has 134 valence electrons. The maximum atomic E-state index is 11.9. The molecule has 0 atom stereocenters. The van der Waals surface area contributed by atoms with E-state index in [0.717, 1.165) is 56.6 Å². The quantitative estimate of drug-likeness (QED) is 0.812. The number of piperazine rings is 1. The summed E-state index contributed by atoms with van der Waals surface area (Å²) >= 11 is 0. The minimum absolute atomic E-state index is 0.0625. The van der Waals surface area contributed by atoms with Crippen LogP contribution in [0.1, 0.15) is 35.4 Å². The Bertz CT molecular complexity index is 689. The topological polar surface area (TPSA) is 90.0 Å². The van der Waals surface area contributed by atoms with Crippen LogP contribution in [0.3, 0.4) is 0 Å². The van der Waals surface area contributed by atoms with Crippen molar-refractivity contribution in [3.63, 3.8) is 0 Å². The van der Waals surface area contributed by atoms with Crippen molar-refractivity contribution < 1.29 is 4.79 Å². The molecule has 0 unspecified atom stereocenters. The molecule has 8 heteroatoms. The minimum atomic E-state index is -0.0625. The van der Waals surface area contributed by atoms with Crippen LogP contribution in [0, 0.1) is 6.92 Å². The number of aromatic amines is 1. The predicted molar refractivity (Wildman–Crippen MR) is 95.5 cm³/mol. The van der Waals surface area contributed by atoms with E-state index in [-0.39, 0.29) is 5.91 Å². The second kappa shape index (κ2) is 8.06. The molecule has 1 fully saturated rings. The first-order valence-corrected chi connectivity index (χ1v) is 8.75. The van der Waals surface area contributed by atoms with E-state index in [0.29, 0.717) is 12.1 Å². The molecule has 2 aromatic rings. The van der Waals surface area contributed by atoms with Crippen LogP contribution in [0.15, 0.2) is 18.3 Å². The van der Waals surface area contributed by atoms with Gasteiger partial charge in [0.25, 0.3) is 5.91 Å². The van der Waals surface area contributed by atoms with Gasteiger partial charge in [0.05, 0.1) is 12.1 Å². The number of rotatable bonds is 6. The zero-order chi connectivity index (χ0) is 17.6. The second-order valence-corrected chi connectivity index (χ2v) is 6.26. The Hall–Kier alpha value is -2.48. The van der Waals surface area contributed by atoms with Gasteiger partial charge in [-0.15, -0.1) is 0 Å². The van der Waals surface area contributed by atoms with Crippen LogP contribution >= 0.6 is 0 Å². The molecule has 1 aliphatic rings. The van der Waals surface area contributed by atoms with E-state index >= 15 is 0 Å². The smallest absolute Gasteiger partial charge is 0.252 e. The lowest BCUT2D eigenvalue weighted by Crippen LogP contribution is -2.46. The molecule has 0 spiro atoms. The van der Waals surface area contributed by atoms with Crippen LogP contribution in [-0.4, -0.2) is 63.7 Å². The lowest BCUT2D eigenvalue weighted by Gasteiger charge is -2.34. The number of aryl methyl sites for hydroxylation is 1. The fourth-order valence-corrected chi connectivity index (χ4v) is 2.84. The molecule has 2 N–H and O–H groups in total. The van der Waals surface area contributed by atoms with E-state index in [1.54, 1.807) is 6.20 Å². The van der Waals surface area contributed by atoms with E-state index in [9.17, 15) is 4.79 Å². The van der Waals surface area contributed by atoms with Gasteiger partial charge in [0.15, 0.2) is 5.82 Å². The number of H-pyrrole nitrogens is 1. The molecule has 0 radical (unpaired) electrons. The van der Waals surface area contributed by atoms with Crippen LogP contribution in [0.4, 0.5) is 5.82 Å². The fraction of sp³-hybridized carbons (Fsp3) is 0.529. The monoisotopic (exact) mass is 343 g/mol. The summed E-state index contributed by atoms with van der Waals surface area (Å²) in [7, 11) is 0. The van der Waals surface area contributed by atoms with Gasteiger partial charge in [-0.1, -0.05) is 6.92 Å². The molecule has 0 bridgehead atoms. The van der Waals surface area contributed by atoms with E-state index in [1.165, 1.54) is 0 Å². The normalized spacial score (nSPS) is 15.4. The number of nitrogens with zero attached hydrogens (tertiary/aromatic N) is 5. The Labute approximate surface area is 147 Å². The third-order valence-electron chi connectivity index (χ3n) is 4.25. The summed E-state index contributed by atoms with van der Waals surface area (Å²) in [6, 6.07) is 3.77. The lowest BCUT2D eigenvalue weighted by molar-refractivity contribution is 0.0953. The van der Waals surface area contributed by atoms with Crippen molar-refractivity contribution in [2.24, 2.45) is 0 Å². The van der Waals surface area contributed by atoms with Crippen molar-refractivity contribution in [2.75, 3.05) is 37.6 Å². The van der Waals surface area contributed by atoms with Gasteiger partial charge in [-0.25, -0.2) is 9.97 Å². The molecule has 25 heavy (non-hydrogen) atoms. The van der Waals surface area contributed by atoms with Gasteiger partial charge in [0.1, 0.15) is 11.6 Å². The molecular weight excluding hydrogens is 318 g/mol. The highest BCUT2D eigenvalue weighted by Gasteiger charge is 2.19. The molecule has 8 nitrogen and oxygen atoms in total. The summed E-state index contributed by atoms with van der Waals surface area (Å²) < 4.78 is 0. The average Bonchev–Trinajstić information content (AvgIpc) is 3.05. The van der Waals surface area contributed by atoms with Gasteiger partial charge in [0, 0.05) is 38.9 Å². The van der Waals surface area contributed by atoms with Crippen molar-refractivity contribution in [2.45, 2.75) is 26.8 Å². The zero-order valence-electron chi connectivity index (χ0n) is 14.8. The molecule has 2 aromatic heterocycles. The second-order valence-electron chi connectivity index (χ2n) is 6.26. The highest BCUT2D eigenvalue weighted by molar-refractivity contribution is 5.94. The number of amides is 1. The Morgan fingerprint density at radius 1 is 1.28 bits per heavy atom. The number of nitrogens with one attached hydrogen (secondary N) is 2. The third-order valence-corrected chi connectivity index (χ3v) is 4.25. The van der Waals surface area contributed by atoms with E-state index in [1.807, 2.05) is 26.0 Å². The fourth-order valence-electron chi connectivity index (χ4n) is 2.84. The number of anilines is 1. The Morgan fingerprint density at radius 2 is 2.08 bits per heavy atom. The van der Waals surface area contributed by atoms with Gasteiger partial charge >= 0.3 is 0 Å². The van der Waals surface area contributed by atoms with Gasteiger partial charge in [-0.3, -0.25) is 14.8 Å². The van der Waals surface area contributed by atoms with Crippen LogP contribution < -0.4 is 10.2 Å². The maximum Gasteiger partial charge on any atom is 0.252 e. The van der Waals surface area contributed by atoms with Crippen LogP contribution in [0.25, 0.3) is 0 Å². The molecule has 0 aromatic carbocycles. The number of hydrogen-bond donors (Lipinski definition) is 2. The maximum absolute atomic E-state index is 11.9. The summed E-state index contributed by atoms with van der Waals surface area (Å²) in [5, 5.41) is 9.94. The molecule has 3 rings (SSSR count). The summed E-state index contributed by atoms with van der Waals surface area (Å²) in [5.41, 5.74) is 0.607. The number of hydrogen-bond acceptors (Lipinski definition) is 6. The van der Waals surface area contributed by atoms with Crippen molar-refractivity contribution in [1.29, 1.82) is 0 Å². The van der Waals surface area contributed by atoms with Gasteiger partial charge < -0.3 is 10.2 Å². The summed E-state index contributed by atoms with van der Waals surface area (Å²) in [4.78, 5) is 25.3. The minimum Gasteiger partial charge on any atom is -0.354 e. The van der Waals surface area contributed by atoms with E-state index in [2.05, 4.69) is 35.3 Å². The average molecular weight is 343 g/mol. The van der Waals surface area contributed by atoms with Crippen molar-refractivity contribution in [3.8, 4) is 0 Å². The van der Waals surface area contributed by atoms with Crippen LogP contribution in [0.5, 0.6) is 0 Å². The predicted octanol–water partition coefficient (Wildman–Crippen LogP) is 0.970. The summed E-state index contributed by atoms with van der Waals surface area (Å²) in [5.74, 6) is 2.54. The van der Waals surface area contributed by atoms with Gasteiger partial charge in [0.2, 0.25) is 0 Å². The van der Waals surface area contributed by atoms with Gasteiger partial charge in [-0.2, -0.15) is 5.10 Å². The molecule has 3 heterocycles. The van der Waals surface area contributed by atoms with E-state index in [4.69, 9.17) is 0 Å². The SMILES string of the molecule is CCCNC(=O)c1ccc(N2CCN(Cc3n[nH]c(C)n3)CC2)nc1. The first-order valence-electron chi connectivity index (χ1n) is 8.75. The number of aromatic nitrogens is 4. The first kappa shape index (κ1) is 17.3. The highest BCUT2D eigenvalue weighted by Crippen LogP contribution is 2.15. The molecule has 1 saturated heterocycles. The van der Waals surface area contributed by atoms with E-state index < -0.39 is 0 Å². The molecule has 1 amide bonds. The standard InChI is InChI=1S/C17H25N7O/c1-3-6-18-17(25)14-4-5-16(19-11-14)24-9-7-23(8-10-24)12-15-20-13(2)21-22-15/h4-5,11H,3,6-10,12H2,1-2H3,(H,18,25)(H,20,21,22). The van der Waals surface area contributed by atoms with Crippen molar-refractivity contribution in [3.05, 3.63) is 35.5 Å². The van der Waals surface area contributed by atoms with Gasteiger partial charge in [-0.05, 0) is 25.5 Å². The molecule has 1 aliphatic heterocycles. The molecule has 0 aliphatic carbocycles. The van der Waals surface area contributed by atoms with Crippen molar-refractivity contribution in [1.82, 2.24) is 30.4 Å². The summed E-state index contributed by atoms with van der Waals surface area (Å²) in [6.07, 6.45) is 2.58. The first-order chi connectivity index (χ1) is 12.2. The molecule has 0 saturated carbocycles. The number of pyridine rings is 1. The van der Waals surface area contributed by atoms with Crippen molar-refractivity contribution >= 4 is 11.7 Å². The largest absolute Gasteiger partial charge is 0.354 e. The van der Waals surface area contributed by atoms with Crippen LogP contribution in [-0.2, 0) is 6.54 Å². The molecular formula is C17H25N7O. The number of carbonyl (C=O) groups excluding carboxylic acids is 1. The number of carbonyl (C=O) groups is 1. The van der Waals surface area contributed by atoms with Crippen LogP contribution in [0.2, 0.25) is 0 Å². The summed E-state index contributed by atoms with van der Waals surface area (Å²) in [6.45, 7) is 9.07. The Kier molecular flexibility index (Phi) is 5.60. The highest BCUT2D eigenvalue weighted by atomic mass is 16.1. The Morgan fingerprint density at radius 3 is 2.68 bits per heavy atom. The Balaban J connectivity index is 1.51.